The molecule has 290 valence electrons. The van der Waals surface area contributed by atoms with Gasteiger partial charge in [0, 0.05) is 38.3 Å². The van der Waals surface area contributed by atoms with Crippen molar-refractivity contribution in [2.75, 3.05) is 27.2 Å². The van der Waals surface area contributed by atoms with Crippen LogP contribution in [0, 0.1) is 0 Å². The van der Waals surface area contributed by atoms with Gasteiger partial charge >= 0.3 is 0 Å². The van der Waals surface area contributed by atoms with Gasteiger partial charge in [-0.1, -0.05) is 206 Å². The highest BCUT2D eigenvalue weighted by atomic mass is 16.2. The molecule has 0 N–H and O–H groups in total. The van der Waals surface area contributed by atoms with E-state index in [9.17, 15) is 9.59 Å². The van der Waals surface area contributed by atoms with Gasteiger partial charge in [-0.3, -0.25) is 9.59 Å². The van der Waals surface area contributed by atoms with Gasteiger partial charge in [-0.2, -0.15) is 0 Å². The zero-order chi connectivity index (χ0) is 36.3. The highest BCUT2D eigenvalue weighted by Crippen LogP contribution is 2.16. The predicted octanol–water partition coefficient (Wildman–Crippen LogP) is 14.4. The zero-order valence-corrected chi connectivity index (χ0v) is 34.1. The molecule has 0 atom stereocenters. The average Bonchev–Trinajstić information content (AvgIpc) is 3.13. The van der Waals surface area contributed by atoms with Gasteiger partial charge in [-0.05, 0) is 37.1 Å². The number of amides is 2. The number of unbranched alkanes of at least 4 members (excludes halogenated alkanes) is 30. The summed E-state index contributed by atoms with van der Waals surface area (Å²) in [5, 5.41) is 0. The average molecular weight is 697 g/mol. The summed E-state index contributed by atoms with van der Waals surface area (Å²) in [6, 6.07) is 7.29. The first-order valence-corrected chi connectivity index (χ1v) is 22.1. The second-order valence-corrected chi connectivity index (χ2v) is 15.6. The van der Waals surface area contributed by atoms with Crippen LogP contribution in [0.25, 0.3) is 0 Å². The molecule has 0 spiro atoms. The molecular formula is C46H84N2O2. The van der Waals surface area contributed by atoms with Crippen molar-refractivity contribution in [3.05, 3.63) is 35.4 Å². The number of carbonyl (C=O) groups is 2. The molecule has 1 aromatic carbocycles. The summed E-state index contributed by atoms with van der Waals surface area (Å²) in [7, 11) is 3.80. The maximum atomic E-state index is 13.0. The second-order valence-electron chi connectivity index (χ2n) is 15.6. The third kappa shape index (κ3) is 26.0. The Morgan fingerprint density at radius 1 is 0.340 bits per heavy atom. The molecule has 0 saturated carbocycles. The highest BCUT2D eigenvalue weighted by molar-refractivity contribution is 5.97. The van der Waals surface area contributed by atoms with Gasteiger partial charge in [0.25, 0.3) is 11.8 Å². The van der Waals surface area contributed by atoms with Gasteiger partial charge < -0.3 is 9.80 Å². The molecule has 4 nitrogen and oxygen atoms in total. The molecule has 0 aliphatic carbocycles. The lowest BCUT2D eigenvalue weighted by atomic mass is 10.0. The standard InChI is InChI=1S/C46H84N2O2/c1-5-7-9-11-13-15-17-19-21-23-25-27-29-31-33-35-41-47(3)45(49)43-37-39-44(40-38-43)46(50)48(4)42-36-34-32-30-28-26-24-22-20-18-16-14-12-10-8-6-2/h37-40H,5-36,41-42H2,1-4H3. The lowest BCUT2D eigenvalue weighted by Crippen LogP contribution is -2.29. The van der Waals surface area contributed by atoms with E-state index in [1.807, 2.05) is 48.2 Å². The number of benzene rings is 1. The first kappa shape index (κ1) is 46.2. The molecule has 1 rings (SSSR count). The van der Waals surface area contributed by atoms with Crippen molar-refractivity contribution in [1.82, 2.24) is 9.80 Å². The van der Waals surface area contributed by atoms with E-state index in [-0.39, 0.29) is 11.8 Å². The van der Waals surface area contributed by atoms with E-state index in [1.54, 1.807) is 0 Å². The molecule has 0 unspecified atom stereocenters. The van der Waals surface area contributed by atoms with E-state index in [2.05, 4.69) is 13.8 Å². The summed E-state index contributed by atoms with van der Waals surface area (Å²) in [5.74, 6) is 0.0953. The smallest absolute Gasteiger partial charge is 0.253 e. The second kappa shape index (κ2) is 34.3. The van der Waals surface area contributed by atoms with Crippen LogP contribution in [0.4, 0.5) is 0 Å². The van der Waals surface area contributed by atoms with Crippen LogP contribution in [-0.2, 0) is 0 Å². The van der Waals surface area contributed by atoms with Gasteiger partial charge in [0.15, 0.2) is 0 Å². The number of carbonyl (C=O) groups excluding carboxylic acids is 2. The first-order chi connectivity index (χ1) is 24.5. The molecule has 0 aliphatic heterocycles. The Morgan fingerprint density at radius 2 is 0.520 bits per heavy atom. The highest BCUT2D eigenvalue weighted by Gasteiger charge is 2.15. The SMILES string of the molecule is CCCCCCCCCCCCCCCCCCN(C)C(=O)c1ccc(C(=O)N(C)CCCCCCCCCCCCCCCCCC)cc1. The molecule has 0 fully saturated rings. The van der Waals surface area contributed by atoms with Crippen LogP contribution < -0.4 is 0 Å². The largest absolute Gasteiger partial charge is 0.342 e. The third-order valence-electron chi connectivity index (χ3n) is 10.8. The van der Waals surface area contributed by atoms with Crippen LogP contribution in [0.5, 0.6) is 0 Å². The summed E-state index contributed by atoms with van der Waals surface area (Å²) in [4.78, 5) is 29.6. The van der Waals surface area contributed by atoms with Crippen LogP contribution in [0.2, 0.25) is 0 Å². The minimum atomic E-state index is 0.0477. The molecule has 4 heteroatoms. The Bertz CT molecular complexity index is 825. The minimum Gasteiger partial charge on any atom is -0.342 e. The van der Waals surface area contributed by atoms with Crippen LogP contribution in [0.15, 0.2) is 24.3 Å². The van der Waals surface area contributed by atoms with Crippen molar-refractivity contribution in [1.29, 1.82) is 0 Å². The topological polar surface area (TPSA) is 40.6 Å². The lowest BCUT2D eigenvalue weighted by Gasteiger charge is -2.19. The Kier molecular flexibility index (Phi) is 31.6. The maximum absolute atomic E-state index is 13.0. The van der Waals surface area contributed by atoms with Crippen molar-refractivity contribution in [3.8, 4) is 0 Å². The molecule has 50 heavy (non-hydrogen) atoms. The van der Waals surface area contributed by atoms with E-state index in [0.717, 1.165) is 25.9 Å². The molecule has 0 heterocycles. The van der Waals surface area contributed by atoms with Crippen molar-refractivity contribution in [2.24, 2.45) is 0 Å². The normalized spacial score (nSPS) is 11.3. The van der Waals surface area contributed by atoms with Crippen molar-refractivity contribution < 1.29 is 9.59 Å². The summed E-state index contributed by atoms with van der Waals surface area (Å²) in [6.45, 7) is 6.16. The van der Waals surface area contributed by atoms with Crippen LogP contribution in [-0.4, -0.2) is 48.8 Å². The fraction of sp³-hybridized carbons (Fsp3) is 0.826. The summed E-state index contributed by atoms with van der Waals surface area (Å²) < 4.78 is 0. The molecule has 0 saturated heterocycles. The van der Waals surface area contributed by atoms with Crippen LogP contribution >= 0.6 is 0 Å². The lowest BCUT2D eigenvalue weighted by molar-refractivity contribution is 0.0781. The van der Waals surface area contributed by atoms with Crippen molar-refractivity contribution in [2.45, 2.75) is 219 Å². The number of hydrogen-bond donors (Lipinski definition) is 0. The molecular weight excluding hydrogens is 613 g/mol. The monoisotopic (exact) mass is 697 g/mol. The maximum Gasteiger partial charge on any atom is 0.253 e. The molecule has 0 radical (unpaired) electrons. The number of hydrogen-bond acceptors (Lipinski definition) is 2. The fourth-order valence-corrected chi connectivity index (χ4v) is 7.19. The van der Waals surface area contributed by atoms with Gasteiger partial charge in [0.1, 0.15) is 0 Å². The number of nitrogens with zero attached hydrogens (tertiary/aromatic N) is 2. The van der Waals surface area contributed by atoms with E-state index in [0.29, 0.717) is 11.1 Å². The van der Waals surface area contributed by atoms with Crippen LogP contribution in [0.1, 0.15) is 240 Å². The Labute approximate surface area is 312 Å². The molecule has 1 aromatic rings. The van der Waals surface area contributed by atoms with Gasteiger partial charge in [-0.25, -0.2) is 0 Å². The predicted molar refractivity (Wildman–Crippen MR) is 219 cm³/mol. The molecule has 0 aliphatic rings. The van der Waals surface area contributed by atoms with Crippen molar-refractivity contribution >= 4 is 11.8 Å². The van der Waals surface area contributed by atoms with Gasteiger partial charge in [0.05, 0.1) is 0 Å². The van der Waals surface area contributed by atoms with E-state index < -0.39 is 0 Å². The van der Waals surface area contributed by atoms with Gasteiger partial charge in [0.2, 0.25) is 0 Å². The Balaban J connectivity index is 2.03. The molecule has 2 amide bonds. The minimum absolute atomic E-state index is 0.0477. The van der Waals surface area contributed by atoms with E-state index in [1.165, 1.54) is 193 Å². The fourth-order valence-electron chi connectivity index (χ4n) is 7.19. The number of rotatable bonds is 36. The quantitative estimate of drug-likeness (QED) is 0.0655. The third-order valence-corrected chi connectivity index (χ3v) is 10.8. The van der Waals surface area contributed by atoms with Gasteiger partial charge in [-0.15, -0.1) is 0 Å². The zero-order valence-electron chi connectivity index (χ0n) is 34.1. The summed E-state index contributed by atoms with van der Waals surface area (Å²) >= 11 is 0. The Morgan fingerprint density at radius 3 is 0.720 bits per heavy atom. The first-order valence-electron chi connectivity index (χ1n) is 22.1. The van der Waals surface area contributed by atoms with E-state index >= 15 is 0 Å². The van der Waals surface area contributed by atoms with Crippen LogP contribution in [0.3, 0.4) is 0 Å². The molecule has 0 aromatic heterocycles. The molecule has 0 bridgehead atoms. The van der Waals surface area contributed by atoms with Crippen molar-refractivity contribution in [3.63, 3.8) is 0 Å². The summed E-state index contributed by atoms with van der Waals surface area (Å²) in [5.41, 5.74) is 1.34. The Hall–Kier alpha value is -1.84. The van der Waals surface area contributed by atoms with E-state index in [4.69, 9.17) is 0 Å². The summed E-state index contributed by atoms with van der Waals surface area (Å²) in [6.07, 6.45) is 43.4.